The lowest BCUT2D eigenvalue weighted by Gasteiger charge is -2.34. The van der Waals surface area contributed by atoms with Crippen molar-refractivity contribution in [3.63, 3.8) is 0 Å². The number of benzene rings is 1. The summed E-state index contributed by atoms with van der Waals surface area (Å²) in [4.78, 5) is 2.50. The van der Waals surface area contributed by atoms with Crippen molar-refractivity contribution in [3.05, 3.63) is 28.2 Å². The molecule has 1 aromatic carbocycles. The van der Waals surface area contributed by atoms with Crippen LogP contribution >= 0.6 is 27.7 Å². The van der Waals surface area contributed by atoms with E-state index in [-0.39, 0.29) is 6.04 Å². The number of nitrogens with zero attached hydrogens (tertiary/aromatic N) is 1. The highest BCUT2D eigenvalue weighted by atomic mass is 79.9. The van der Waals surface area contributed by atoms with Crippen molar-refractivity contribution in [2.24, 2.45) is 5.73 Å². The molecule has 0 bridgehead atoms. The second kappa shape index (κ2) is 7.00. The maximum absolute atomic E-state index is 5.86. The molecule has 1 fully saturated rings. The van der Waals surface area contributed by atoms with E-state index in [2.05, 4.69) is 64.6 Å². The van der Waals surface area contributed by atoms with Crippen molar-refractivity contribution in [3.8, 4) is 0 Å². The molecule has 106 valence electrons. The highest BCUT2D eigenvalue weighted by molar-refractivity contribution is 9.10. The predicted molar refractivity (Wildman–Crippen MR) is 90.2 cm³/mol. The first-order valence-corrected chi connectivity index (χ1v) is 8.85. The summed E-state index contributed by atoms with van der Waals surface area (Å²) in [5.41, 5.74) is 8.50. The lowest BCUT2D eigenvalue weighted by molar-refractivity contribution is 0.724. The van der Waals surface area contributed by atoms with Crippen molar-refractivity contribution < 1.29 is 0 Å². The number of halogens is 1. The molecule has 1 saturated heterocycles. The zero-order valence-corrected chi connectivity index (χ0v) is 14.1. The highest BCUT2D eigenvalue weighted by Gasteiger charge is 2.20. The normalized spacial score (nSPS) is 21.5. The topological polar surface area (TPSA) is 29.3 Å². The summed E-state index contributed by atoms with van der Waals surface area (Å²) < 4.78 is 1.20. The zero-order valence-electron chi connectivity index (χ0n) is 11.7. The predicted octanol–water partition coefficient (Wildman–Crippen LogP) is 3.67. The molecule has 1 heterocycles. The fourth-order valence-electron chi connectivity index (χ4n) is 2.49. The van der Waals surface area contributed by atoms with Gasteiger partial charge in [0.1, 0.15) is 0 Å². The van der Waals surface area contributed by atoms with Crippen molar-refractivity contribution in [2.45, 2.75) is 38.0 Å². The Hall–Kier alpha value is -0.190. The maximum Gasteiger partial charge on any atom is 0.0511 e. The van der Waals surface area contributed by atoms with Crippen LogP contribution < -0.4 is 10.6 Å². The Kier molecular flexibility index (Phi) is 5.60. The molecule has 1 aromatic rings. The largest absolute Gasteiger partial charge is 0.369 e. The van der Waals surface area contributed by atoms with Gasteiger partial charge in [-0.3, -0.25) is 0 Å². The molecular weight excluding hydrogens is 320 g/mol. The maximum atomic E-state index is 5.86. The molecule has 2 N–H and O–H groups in total. The lowest BCUT2D eigenvalue weighted by atomic mass is 10.1. The molecule has 1 aliphatic heterocycles. The smallest absolute Gasteiger partial charge is 0.0511 e. The standard InChI is InChI=1S/C15H23BrN2S/c1-3-13-10-18(6-7-19-13)15-5-4-12(8-11(2)17)9-14(15)16/h4-5,9,11,13H,3,6-8,10,17H2,1-2H3. The Labute approximate surface area is 129 Å². The lowest BCUT2D eigenvalue weighted by Crippen LogP contribution is -2.37. The molecule has 4 heteroatoms. The van der Waals surface area contributed by atoms with Crippen LogP contribution in [-0.2, 0) is 6.42 Å². The molecule has 19 heavy (non-hydrogen) atoms. The third kappa shape index (κ3) is 4.14. The highest BCUT2D eigenvalue weighted by Crippen LogP contribution is 2.32. The molecule has 2 unspecified atom stereocenters. The molecule has 0 aliphatic carbocycles. The van der Waals surface area contributed by atoms with E-state index in [4.69, 9.17) is 5.73 Å². The van der Waals surface area contributed by atoms with Gasteiger partial charge >= 0.3 is 0 Å². The van der Waals surface area contributed by atoms with Gasteiger partial charge in [0.2, 0.25) is 0 Å². The van der Waals surface area contributed by atoms with E-state index in [1.165, 1.54) is 27.9 Å². The average Bonchev–Trinajstić information content (AvgIpc) is 2.38. The Bertz CT molecular complexity index is 423. The van der Waals surface area contributed by atoms with E-state index >= 15 is 0 Å². The van der Waals surface area contributed by atoms with Gasteiger partial charge in [0.25, 0.3) is 0 Å². The summed E-state index contributed by atoms with van der Waals surface area (Å²) in [6, 6.07) is 6.89. The van der Waals surface area contributed by atoms with Crippen LogP contribution in [-0.4, -0.2) is 30.1 Å². The van der Waals surface area contributed by atoms with Crippen molar-refractivity contribution in [2.75, 3.05) is 23.7 Å². The van der Waals surface area contributed by atoms with Gasteiger partial charge in [-0.2, -0.15) is 11.8 Å². The van der Waals surface area contributed by atoms with E-state index in [1.807, 2.05) is 0 Å². The third-order valence-electron chi connectivity index (χ3n) is 3.50. The van der Waals surface area contributed by atoms with Crippen molar-refractivity contribution in [1.82, 2.24) is 0 Å². The van der Waals surface area contributed by atoms with Crippen LogP contribution in [0.3, 0.4) is 0 Å². The second-order valence-electron chi connectivity index (χ2n) is 5.31. The summed E-state index contributed by atoms with van der Waals surface area (Å²) in [7, 11) is 0. The van der Waals surface area contributed by atoms with Crippen LogP contribution in [0.2, 0.25) is 0 Å². The molecule has 0 saturated carbocycles. The van der Waals surface area contributed by atoms with Gasteiger partial charge in [0, 0.05) is 34.6 Å². The minimum absolute atomic E-state index is 0.216. The zero-order chi connectivity index (χ0) is 13.8. The molecule has 0 amide bonds. The van der Waals surface area contributed by atoms with Crippen LogP contribution in [0.25, 0.3) is 0 Å². The molecule has 1 aliphatic rings. The number of anilines is 1. The third-order valence-corrected chi connectivity index (χ3v) is 5.51. The summed E-state index contributed by atoms with van der Waals surface area (Å²) >= 11 is 5.83. The van der Waals surface area contributed by atoms with Gasteiger partial charge in [-0.1, -0.05) is 13.0 Å². The fraction of sp³-hybridized carbons (Fsp3) is 0.600. The molecule has 0 aromatic heterocycles. The molecule has 2 nitrogen and oxygen atoms in total. The van der Waals surface area contributed by atoms with E-state index in [1.54, 1.807) is 0 Å². The first-order valence-electron chi connectivity index (χ1n) is 7.00. The molecular formula is C15H23BrN2S. The first-order chi connectivity index (χ1) is 9.10. The summed E-state index contributed by atoms with van der Waals surface area (Å²) in [5, 5.41) is 0.768. The summed E-state index contributed by atoms with van der Waals surface area (Å²) in [5.74, 6) is 1.23. The minimum Gasteiger partial charge on any atom is -0.369 e. The van der Waals surface area contributed by atoms with Crippen LogP contribution in [0.15, 0.2) is 22.7 Å². The number of thioether (sulfide) groups is 1. The molecule has 2 rings (SSSR count). The number of hydrogen-bond acceptors (Lipinski definition) is 3. The Morgan fingerprint density at radius 1 is 1.53 bits per heavy atom. The Morgan fingerprint density at radius 3 is 2.95 bits per heavy atom. The van der Waals surface area contributed by atoms with Crippen LogP contribution in [0.4, 0.5) is 5.69 Å². The van der Waals surface area contributed by atoms with Crippen LogP contribution in [0.1, 0.15) is 25.8 Å². The first kappa shape index (κ1) is 15.2. The molecule has 0 radical (unpaired) electrons. The van der Waals surface area contributed by atoms with Gasteiger partial charge < -0.3 is 10.6 Å². The van der Waals surface area contributed by atoms with Crippen LogP contribution in [0, 0.1) is 0 Å². The second-order valence-corrected chi connectivity index (χ2v) is 7.58. The molecule has 0 spiro atoms. The number of hydrogen-bond donors (Lipinski definition) is 1. The van der Waals surface area contributed by atoms with Crippen LogP contribution in [0.5, 0.6) is 0 Å². The fourth-order valence-corrected chi connectivity index (χ4v) is 4.35. The van der Waals surface area contributed by atoms with E-state index < -0.39 is 0 Å². The molecule has 2 atom stereocenters. The van der Waals surface area contributed by atoms with E-state index in [0.717, 1.165) is 24.8 Å². The van der Waals surface area contributed by atoms with Gasteiger partial charge in [0.05, 0.1) is 5.69 Å². The van der Waals surface area contributed by atoms with Gasteiger partial charge in [-0.25, -0.2) is 0 Å². The van der Waals surface area contributed by atoms with Gasteiger partial charge in [-0.05, 0) is 53.4 Å². The average molecular weight is 343 g/mol. The van der Waals surface area contributed by atoms with E-state index in [9.17, 15) is 0 Å². The van der Waals surface area contributed by atoms with Gasteiger partial charge in [-0.15, -0.1) is 0 Å². The Balaban J connectivity index is 2.11. The Morgan fingerprint density at radius 2 is 2.32 bits per heavy atom. The SMILES string of the molecule is CCC1CN(c2ccc(CC(C)N)cc2Br)CCS1. The summed E-state index contributed by atoms with van der Waals surface area (Å²) in [6.45, 7) is 6.64. The van der Waals surface area contributed by atoms with Gasteiger partial charge in [0.15, 0.2) is 0 Å². The van der Waals surface area contributed by atoms with Crippen molar-refractivity contribution >= 4 is 33.4 Å². The van der Waals surface area contributed by atoms with E-state index in [0.29, 0.717) is 0 Å². The monoisotopic (exact) mass is 342 g/mol. The number of rotatable bonds is 4. The quantitative estimate of drug-likeness (QED) is 0.904. The number of nitrogens with two attached hydrogens (primary N) is 1. The minimum atomic E-state index is 0.216. The summed E-state index contributed by atoms with van der Waals surface area (Å²) in [6.07, 6.45) is 2.19. The van der Waals surface area contributed by atoms with Crippen molar-refractivity contribution in [1.29, 1.82) is 0 Å².